The molecule has 1 unspecified atom stereocenters. The molecule has 1 aromatic heterocycles. The molecule has 8 nitrogen and oxygen atoms in total. The minimum Gasteiger partial charge on any atom is -0.481 e. The normalized spacial score (nSPS) is 11.9. The van der Waals surface area contributed by atoms with Crippen LogP contribution in [0, 0.1) is 10.1 Å². The van der Waals surface area contributed by atoms with Gasteiger partial charge in [-0.15, -0.1) is 0 Å². The molecule has 0 aliphatic heterocycles. The first kappa shape index (κ1) is 14.7. The van der Waals surface area contributed by atoms with E-state index in [4.69, 9.17) is 10.8 Å². The van der Waals surface area contributed by atoms with Gasteiger partial charge in [-0.2, -0.15) is 0 Å². The fourth-order valence-corrected chi connectivity index (χ4v) is 1.83. The molecule has 0 aliphatic rings. The van der Waals surface area contributed by atoms with E-state index in [1.165, 1.54) is 12.1 Å². The third-order valence-electron chi connectivity index (χ3n) is 2.72. The molecule has 0 radical (unpaired) electrons. The van der Waals surface area contributed by atoms with Gasteiger partial charge in [-0.25, -0.2) is 4.98 Å². The van der Waals surface area contributed by atoms with Crippen molar-refractivity contribution in [3.63, 3.8) is 0 Å². The third-order valence-corrected chi connectivity index (χ3v) is 2.72. The fraction of sp³-hybridized carbons (Fsp3) is 0.455. The van der Waals surface area contributed by atoms with Crippen LogP contribution >= 0.6 is 0 Å². The maximum Gasteiger partial charge on any atom is 0.311 e. The van der Waals surface area contributed by atoms with E-state index in [1.54, 1.807) is 11.8 Å². The molecule has 1 atom stereocenters. The highest BCUT2D eigenvalue weighted by molar-refractivity contribution is 5.68. The first-order valence-electron chi connectivity index (χ1n) is 5.76. The fourth-order valence-electron chi connectivity index (χ4n) is 1.83. The van der Waals surface area contributed by atoms with Crippen LogP contribution < -0.4 is 10.6 Å². The second-order valence-electron chi connectivity index (χ2n) is 4.06. The number of aliphatic carboxylic acids is 1. The van der Waals surface area contributed by atoms with Crippen LogP contribution in [0.1, 0.15) is 20.3 Å². The average Bonchev–Trinajstić information content (AvgIpc) is 2.28. The summed E-state index contributed by atoms with van der Waals surface area (Å²) in [7, 11) is 0. The Morgan fingerprint density at radius 2 is 2.26 bits per heavy atom. The lowest BCUT2D eigenvalue weighted by Crippen LogP contribution is -2.35. The summed E-state index contributed by atoms with van der Waals surface area (Å²) in [6.45, 7) is 4.12. The zero-order valence-electron chi connectivity index (χ0n) is 10.7. The molecule has 1 aromatic rings. The lowest BCUT2D eigenvalue weighted by molar-refractivity contribution is -0.384. The number of carboxylic acid groups (broad SMARTS) is 1. The molecule has 0 spiro atoms. The van der Waals surface area contributed by atoms with Crippen LogP contribution in [0.2, 0.25) is 0 Å². The van der Waals surface area contributed by atoms with E-state index in [1.807, 2.05) is 6.92 Å². The molecular weight excluding hydrogens is 252 g/mol. The summed E-state index contributed by atoms with van der Waals surface area (Å²) in [5, 5.41) is 19.4. The topological polar surface area (TPSA) is 123 Å². The number of pyridine rings is 1. The average molecular weight is 268 g/mol. The molecule has 19 heavy (non-hydrogen) atoms. The number of nitrogen functional groups attached to an aromatic ring is 1. The Morgan fingerprint density at radius 3 is 2.68 bits per heavy atom. The number of anilines is 2. The van der Waals surface area contributed by atoms with Gasteiger partial charge in [-0.1, -0.05) is 0 Å². The van der Waals surface area contributed by atoms with Gasteiger partial charge < -0.3 is 15.7 Å². The van der Waals surface area contributed by atoms with Crippen molar-refractivity contribution < 1.29 is 14.8 Å². The van der Waals surface area contributed by atoms with E-state index in [-0.39, 0.29) is 24.0 Å². The molecule has 0 aromatic carbocycles. The highest BCUT2D eigenvalue weighted by Gasteiger charge is 2.20. The molecule has 0 aliphatic carbocycles. The van der Waals surface area contributed by atoms with Gasteiger partial charge in [0.1, 0.15) is 5.82 Å². The van der Waals surface area contributed by atoms with Crippen molar-refractivity contribution >= 4 is 23.3 Å². The van der Waals surface area contributed by atoms with Gasteiger partial charge in [-0.3, -0.25) is 14.9 Å². The number of nitrogens with zero attached hydrogens (tertiary/aromatic N) is 3. The van der Waals surface area contributed by atoms with Crippen LogP contribution in [0.3, 0.4) is 0 Å². The van der Waals surface area contributed by atoms with Crippen molar-refractivity contribution in [3.05, 3.63) is 22.2 Å². The summed E-state index contributed by atoms with van der Waals surface area (Å²) >= 11 is 0. The Morgan fingerprint density at radius 1 is 1.63 bits per heavy atom. The number of hydrogen-bond donors (Lipinski definition) is 2. The zero-order chi connectivity index (χ0) is 14.6. The molecule has 1 rings (SSSR count). The molecule has 0 bridgehead atoms. The van der Waals surface area contributed by atoms with Crippen LogP contribution in [-0.2, 0) is 4.79 Å². The van der Waals surface area contributed by atoms with E-state index in [0.717, 1.165) is 0 Å². The number of aromatic nitrogens is 1. The minimum absolute atomic E-state index is 0.0492. The smallest absolute Gasteiger partial charge is 0.311 e. The quantitative estimate of drug-likeness (QED) is 0.588. The van der Waals surface area contributed by atoms with Crippen molar-refractivity contribution in [2.45, 2.75) is 26.3 Å². The van der Waals surface area contributed by atoms with Crippen molar-refractivity contribution in [3.8, 4) is 0 Å². The van der Waals surface area contributed by atoms with Crippen molar-refractivity contribution in [2.24, 2.45) is 0 Å². The van der Waals surface area contributed by atoms with Gasteiger partial charge in [0.15, 0.2) is 0 Å². The Balaban J connectivity index is 3.02. The van der Waals surface area contributed by atoms with E-state index < -0.39 is 10.9 Å². The van der Waals surface area contributed by atoms with Crippen molar-refractivity contribution in [1.29, 1.82) is 0 Å². The van der Waals surface area contributed by atoms with E-state index >= 15 is 0 Å². The molecule has 0 fully saturated rings. The van der Waals surface area contributed by atoms with E-state index in [2.05, 4.69) is 4.98 Å². The van der Waals surface area contributed by atoms with Crippen molar-refractivity contribution in [1.82, 2.24) is 4.98 Å². The lowest BCUT2D eigenvalue weighted by atomic mass is 10.2. The first-order valence-corrected chi connectivity index (χ1v) is 5.76. The summed E-state index contributed by atoms with van der Waals surface area (Å²) in [4.78, 5) is 26.4. The van der Waals surface area contributed by atoms with Gasteiger partial charge in [0.25, 0.3) is 0 Å². The second-order valence-corrected chi connectivity index (χ2v) is 4.06. The Bertz CT molecular complexity index is 492. The van der Waals surface area contributed by atoms with Crippen molar-refractivity contribution in [2.75, 3.05) is 17.2 Å². The molecular formula is C11H16N4O4. The van der Waals surface area contributed by atoms with Gasteiger partial charge in [0, 0.05) is 18.7 Å². The molecule has 1 heterocycles. The van der Waals surface area contributed by atoms with Crippen LogP contribution in [0.5, 0.6) is 0 Å². The zero-order valence-corrected chi connectivity index (χ0v) is 10.7. The number of hydrogen-bond acceptors (Lipinski definition) is 6. The summed E-state index contributed by atoms with van der Waals surface area (Å²) in [5.74, 6) is -0.663. The maximum atomic E-state index is 10.7. The van der Waals surface area contributed by atoms with Gasteiger partial charge in [0.05, 0.1) is 11.3 Å². The summed E-state index contributed by atoms with van der Waals surface area (Å²) in [5.41, 5.74) is 5.26. The van der Waals surface area contributed by atoms with Crippen LogP contribution in [-0.4, -0.2) is 33.6 Å². The molecule has 8 heteroatoms. The summed E-state index contributed by atoms with van der Waals surface area (Å²) < 4.78 is 0. The SMILES string of the molecule is CCN(c1ccc([N+](=O)[O-])c(N)n1)C(C)CC(=O)O. The van der Waals surface area contributed by atoms with Gasteiger partial charge in [0.2, 0.25) is 5.82 Å². The molecule has 0 saturated carbocycles. The lowest BCUT2D eigenvalue weighted by Gasteiger charge is -2.28. The number of rotatable bonds is 6. The number of carboxylic acids is 1. The first-order chi connectivity index (χ1) is 8.86. The minimum atomic E-state index is -0.916. The predicted molar refractivity (Wildman–Crippen MR) is 70.0 cm³/mol. The highest BCUT2D eigenvalue weighted by Crippen LogP contribution is 2.24. The van der Waals surface area contributed by atoms with E-state index in [0.29, 0.717) is 12.4 Å². The number of nitro groups is 1. The molecule has 104 valence electrons. The Hall–Kier alpha value is -2.38. The molecule has 0 saturated heterocycles. The van der Waals surface area contributed by atoms with Crippen LogP contribution in [0.25, 0.3) is 0 Å². The van der Waals surface area contributed by atoms with Crippen LogP contribution in [0.15, 0.2) is 12.1 Å². The molecule has 0 amide bonds. The molecule has 3 N–H and O–H groups in total. The summed E-state index contributed by atoms with van der Waals surface area (Å²) in [6.07, 6.45) is -0.0492. The Kier molecular flexibility index (Phi) is 4.62. The monoisotopic (exact) mass is 268 g/mol. The standard InChI is InChI=1S/C11H16N4O4/c1-3-14(7(2)6-10(16)17)9-5-4-8(15(18)19)11(12)13-9/h4-5,7H,3,6H2,1-2H3,(H2,12,13)(H,16,17). The highest BCUT2D eigenvalue weighted by atomic mass is 16.6. The van der Waals surface area contributed by atoms with E-state index in [9.17, 15) is 14.9 Å². The van der Waals surface area contributed by atoms with Gasteiger partial charge >= 0.3 is 11.7 Å². The summed E-state index contributed by atoms with van der Waals surface area (Å²) in [6, 6.07) is 2.46. The number of carbonyl (C=O) groups is 1. The largest absolute Gasteiger partial charge is 0.481 e. The number of nitrogens with two attached hydrogens (primary N) is 1. The predicted octanol–water partition coefficient (Wildman–Crippen LogP) is 1.26. The van der Waals surface area contributed by atoms with Gasteiger partial charge in [-0.05, 0) is 19.9 Å². The van der Waals surface area contributed by atoms with Crippen LogP contribution in [0.4, 0.5) is 17.3 Å². The third kappa shape index (κ3) is 3.54. The maximum absolute atomic E-state index is 10.7. The Labute approximate surface area is 110 Å². The second kappa shape index (κ2) is 5.98.